The van der Waals surface area contributed by atoms with Crippen LogP contribution in [0.1, 0.15) is 20.7 Å². The van der Waals surface area contributed by atoms with Crippen LogP contribution in [0.2, 0.25) is 0 Å². The molecule has 2 rings (SSSR count). The lowest BCUT2D eigenvalue weighted by Crippen LogP contribution is -2.34. The third-order valence-corrected chi connectivity index (χ3v) is 2.69. The lowest BCUT2D eigenvalue weighted by molar-refractivity contribution is 0.258. The summed E-state index contributed by atoms with van der Waals surface area (Å²) in [5.41, 5.74) is 0. The molecule has 0 amide bonds. The molecule has 2 fully saturated rings. The summed E-state index contributed by atoms with van der Waals surface area (Å²) >= 11 is 0. The number of nitrogens with zero attached hydrogens (tertiary/aromatic N) is 1. The van der Waals surface area contributed by atoms with Crippen molar-refractivity contribution in [2.24, 2.45) is 0 Å². The summed E-state index contributed by atoms with van der Waals surface area (Å²) in [6.45, 7) is 5.18. The van der Waals surface area contributed by atoms with Crippen molar-refractivity contribution in [2.75, 3.05) is 26.2 Å². The van der Waals surface area contributed by atoms with E-state index in [-0.39, 0.29) is 1.43 Å². The van der Waals surface area contributed by atoms with Gasteiger partial charge < -0.3 is 5.32 Å². The fourth-order valence-electron chi connectivity index (χ4n) is 2.06. The summed E-state index contributed by atoms with van der Waals surface area (Å²) in [5.74, 6) is 0. The maximum Gasteiger partial charge on any atom is 0.0232 e. The van der Waals surface area contributed by atoms with Crippen molar-refractivity contribution in [2.45, 2.75) is 25.3 Å². The van der Waals surface area contributed by atoms with E-state index in [9.17, 15) is 0 Å². The Kier molecular flexibility index (Phi) is 1.91. The van der Waals surface area contributed by atoms with Crippen LogP contribution in [0.25, 0.3) is 0 Å². The van der Waals surface area contributed by atoms with Gasteiger partial charge in [-0.05, 0) is 38.9 Å². The lowest BCUT2D eigenvalue weighted by atomic mass is 10.2. The highest BCUT2D eigenvalue weighted by Crippen LogP contribution is 2.15. The normalized spacial score (nSPS) is 35.4. The van der Waals surface area contributed by atoms with Crippen LogP contribution in [0, 0.1) is 0 Å². The summed E-state index contributed by atoms with van der Waals surface area (Å²) in [5, 5.41) is 3.41. The first-order chi connectivity index (χ1) is 4.97. The van der Waals surface area contributed by atoms with E-state index in [0.29, 0.717) is 0 Å². The van der Waals surface area contributed by atoms with Gasteiger partial charge in [-0.3, -0.25) is 4.90 Å². The van der Waals surface area contributed by atoms with Gasteiger partial charge in [0.05, 0.1) is 0 Å². The van der Waals surface area contributed by atoms with Gasteiger partial charge in [0.2, 0.25) is 0 Å². The molecule has 60 valence electrons. The topological polar surface area (TPSA) is 15.3 Å². The molecule has 1 atom stereocenters. The van der Waals surface area contributed by atoms with Crippen LogP contribution >= 0.6 is 0 Å². The molecular weight excluding hydrogens is 124 g/mol. The van der Waals surface area contributed by atoms with Crippen LogP contribution in [0.15, 0.2) is 0 Å². The second-order valence-corrected chi connectivity index (χ2v) is 3.39. The predicted octanol–water partition coefficient (Wildman–Crippen LogP) is 0.690. The van der Waals surface area contributed by atoms with Gasteiger partial charge in [0.1, 0.15) is 0 Å². The molecule has 0 bridgehead atoms. The highest BCUT2D eigenvalue weighted by molar-refractivity contribution is 4.82. The average molecular weight is 142 g/mol. The van der Waals surface area contributed by atoms with Gasteiger partial charge in [0.25, 0.3) is 0 Å². The van der Waals surface area contributed by atoms with E-state index in [1.54, 1.807) is 0 Å². The summed E-state index contributed by atoms with van der Waals surface area (Å²) < 4.78 is 0. The van der Waals surface area contributed by atoms with Gasteiger partial charge in [-0.25, -0.2) is 0 Å². The van der Waals surface area contributed by atoms with Crippen LogP contribution < -0.4 is 5.32 Å². The van der Waals surface area contributed by atoms with E-state index >= 15 is 0 Å². The molecule has 0 aromatic rings. The molecule has 0 aromatic carbocycles. The zero-order chi connectivity index (χ0) is 6.81. The largest absolute Gasteiger partial charge is 0.315 e. The third kappa shape index (κ3) is 1.18. The molecule has 2 aliphatic rings. The van der Waals surface area contributed by atoms with E-state index in [0.717, 1.165) is 6.04 Å². The molecule has 1 N–H and O–H groups in total. The second-order valence-electron chi connectivity index (χ2n) is 3.39. The Balaban J connectivity index is 0.000000605. The van der Waals surface area contributed by atoms with E-state index in [1.807, 2.05) is 0 Å². The maximum absolute atomic E-state index is 3.41. The van der Waals surface area contributed by atoms with E-state index < -0.39 is 0 Å². The number of hydrogen-bond acceptors (Lipinski definition) is 2. The molecule has 2 saturated heterocycles. The smallest absolute Gasteiger partial charge is 0.0232 e. The summed E-state index contributed by atoms with van der Waals surface area (Å²) in [6, 6.07) is 0.877. The fourth-order valence-corrected chi connectivity index (χ4v) is 2.06. The van der Waals surface area contributed by atoms with Crippen LogP contribution in [0.5, 0.6) is 0 Å². The SMILES string of the molecule is C1CCN(C2CCNC2)C1.[HH]. The number of hydrogen-bond donors (Lipinski definition) is 1. The van der Waals surface area contributed by atoms with Crippen molar-refractivity contribution in [3.63, 3.8) is 0 Å². The van der Waals surface area contributed by atoms with Crippen molar-refractivity contribution in [1.29, 1.82) is 0 Å². The van der Waals surface area contributed by atoms with Crippen LogP contribution in [0.3, 0.4) is 0 Å². The molecule has 2 heteroatoms. The molecule has 0 aliphatic carbocycles. The Morgan fingerprint density at radius 3 is 2.70 bits per heavy atom. The Morgan fingerprint density at radius 2 is 2.10 bits per heavy atom. The minimum atomic E-state index is 0. The Hall–Kier alpha value is -0.0800. The fraction of sp³-hybridized carbons (Fsp3) is 1.00. The highest BCUT2D eigenvalue weighted by Gasteiger charge is 2.23. The number of nitrogens with one attached hydrogen (secondary N) is 1. The Labute approximate surface area is 64.1 Å². The molecule has 0 saturated carbocycles. The summed E-state index contributed by atoms with van der Waals surface area (Å²) in [4.78, 5) is 2.64. The molecule has 0 aromatic heterocycles. The lowest BCUT2D eigenvalue weighted by Gasteiger charge is -2.21. The van der Waals surface area contributed by atoms with Crippen LogP contribution in [0.4, 0.5) is 0 Å². The first kappa shape index (κ1) is 6.62. The van der Waals surface area contributed by atoms with Crippen molar-refractivity contribution in [3.8, 4) is 0 Å². The van der Waals surface area contributed by atoms with Gasteiger partial charge in [-0.15, -0.1) is 0 Å². The molecular formula is C8H18N2. The van der Waals surface area contributed by atoms with E-state index in [1.165, 1.54) is 45.4 Å². The van der Waals surface area contributed by atoms with Gasteiger partial charge in [0, 0.05) is 14.0 Å². The van der Waals surface area contributed by atoms with Crippen molar-refractivity contribution in [3.05, 3.63) is 0 Å². The monoisotopic (exact) mass is 142 g/mol. The molecule has 1 unspecified atom stereocenters. The summed E-state index contributed by atoms with van der Waals surface area (Å²) in [6.07, 6.45) is 4.23. The minimum absolute atomic E-state index is 0. The second kappa shape index (κ2) is 2.89. The minimum Gasteiger partial charge on any atom is -0.315 e. The zero-order valence-corrected chi connectivity index (χ0v) is 6.47. The molecule has 2 heterocycles. The maximum atomic E-state index is 3.41. The first-order valence-electron chi connectivity index (χ1n) is 4.41. The number of likely N-dealkylation sites (tertiary alicyclic amines) is 1. The van der Waals surface area contributed by atoms with Crippen molar-refractivity contribution < 1.29 is 1.43 Å². The number of rotatable bonds is 1. The standard InChI is InChI=1S/C8H16N2.H2/c1-2-6-10(5-1)8-3-4-9-7-8;/h8-9H,1-7H2;1H. The molecule has 2 nitrogen and oxygen atoms in total. The third-order valence-electron chi connectivity index (χ3n) is 2.69. The van der Waals surface area contributed by atoms with Gasteiger partial charge in [-0.1, -0.05) is 0 Å². The Morgan fingerprint density at radius 1 is 1.30 bits per heavy atom. The van der Waals surface area contributed by atoms with E-state index in [2.05, 4.69) is 10.2 Å². The van der Waals surface area contributed by atoms with E-state index in [4.69, 9.17) is 0 Å². The van der Waals surface area contributed by atoms with Crippen molar-refractivity contribution >= 4 is 0 Å². The molecule has 2 aliphatic heterocycles. The quantitative estimate of drug-likeness (QED) is 0.579. The Bertz CT molecular complexity index is 92.7. The molecule has 0 radical (unpaired) electrons. The van der Waals surface area contributed by atoms with Crippen LogP contribution in [-0.4, -0.2) is 37.1 Å². The highest BCUT2D eigenvalue weighted by atomic mass is 15.2. The van der Waals surface area contributed by atoms with Crippen molar-refractivity contribution in [1.82, 2.24) is 10.2 Å². The van der Waals surface area contributed by atoms with Crippen LogP contribution in [-0.2, 0) is 0 Å². The zero-order valence-electron chi connectivity index (χ0n) is 6.47. The van der Waals surface area contributed by atoms with Gasteiger partial charge >= 0.3 is 0 Å². The predicted molar refractivity (Wildman–Crippen MR) is 44.2 cm³/mol. The summed E-state index contributed by atoms with van der Waals surface area (Å²) in [7, 11) is 0. The first-order valence-corrected chi connectivity index (χ1v) is 4.41. The molecule has 0 spiro atoms. The molecule has 10 heavy (non-hydrogen) atoms. The van der Waals surface area contributed by atoms with Gasteiger partial charge in [-0.2, -0.15) is 0 Å². The van der Waals surface area contributed by atoms with Gasteiger partial charge in [0.15, 0.2) is 0 Å². The average Bonchev–Trinajstić information content (AvgIpc) is 2.59.